The van der Waals surface area contributed by atoms with Crippen molar-refractivity contribution >= 4 is 20.8 Å². The van der Waals surface area contributed by atoms with Gasteiger partial charge in [-0.05, 0) is 24.3 Å². The molecule has 0 aliphatic heterocycles. The van der Waals surface area contributed by atoms with Crippen LogP contribution >= 0.6 is 0 Å². The Morgan fingerprint density at radius 3 is 2.47 bits per heavy atom. The van der Waals surface area contributed by atoms with Gasteiger partial charge in [0.2, 0.25) is 10.0 Å². The van der Waals surface area contributed by atoms with Crippen LogP contribution in [0.1, 0.15) is 12.8 Å². The molecule has 0 bridgehead atoms. The molecule has 0 atom stereocenters. The van der Waals surface area contributed by atoms with Crippen LogP contribution in [0.25, 0.3) is 10.8 Å². The maximum absolute atomic E-state index is 12.5. The highest BCUT2D eigenvalue weighted by Gasteiger charge is 2.44. The third-order valence-corrected chi connectivity index (χ3v) is 5.27. The third-order valence-electron chi connectivity index (χ3n) is 3.63. The second-order valence-electron chi connectivity index (χ2n) is 5.07. The van der Waals surface area contributed by atoms with E-state index in [1.807, 2.05) is 30.3 Å². The zero-order chi connectivity index (χ0) is 13.5. The van der Waals surface area contributed by atoms with Gasteiger partial charge >= 0.3 is 0 Å². The number of benzene rings is 2. The summed E-state index contributed by atoms with van der Waals surface area (Å²) in [5.74, 6) is 0. The average molecular weight is 276 g/mol. The summed E-state index contributed by atoms with van der Waals surface area (Å²) in [4.78, 5) is 0.324. The van der Waals surface area contributed by atoms with Crippen molar-refractivity contribution in [2.75, 3.05) is 6.54 Å². The summed E-state index contributed by atoms with van der Waals surface area (Å²) in [6.07, 6.45) is 1.63. The molecule has 1 saturated carbocycles. The summed E-state index contributed by atoms with van der Waals surface area (Å²) in [6, 6.07) is 12.8. The quantitative estimate of drug-likeness (QED) is 0.891. The summed E-state index contributed by atoms with van der Waals surface area (Å²) in [6.45, 7) is 0.344. The molecular formula is C14H16N2O2S. The second-order valence-corrected chi connectivity index (χ2v) is 6.72. The minimum absolute atomic E-state index is 0.324. The lowest BCUT2D eigenvalue weighted by Gasteiger charge is -2.16. The molecule has 0 aromatic heterocycles. The van der Waals surface area contributed by atoms with E-state index in [9.17, 15) is 8.42 Å². The number of nitrogens with one attached hydrogen (secondary N) is 1. The van der Waals surface area contributed by atoms with Gasteiger partial charge in [0.15, 0.2) is 0 Å². The first-order valence-electron chi connectivity index (χ1n) is 6.28. The van der Waals surface area contributed by atoms with Crippen LogP contribution in [-0.2, 0) is 10.0 Å². The molecule has 100 valence electrons. The Morgan fingerprint density at radius 2 is 1.79 bits per heavy atom. The Hall–Kier alpha value is -1.43. The van der Waals surface area contributed by atoms with E-state index in [4.69, 9.17) is 5.73 Å². The molecule has 1 aliphatic carbocycles. The predicted octanol–water partition coefficient (Wildman–Crippen LogP) is 1.61. The lowest BCUT2D eigenvalue weighted by Crippen LogP contribution is -2.42. The Kier molecular flexibility index (Phi) is 2.85. The van der Waals surface area contributed by atoms with E-state index in [2.05, 4.69) is 4.72 Å². The average Bonchev–Trinajstić information content (AvgIpc) is 3.17. The summed E-state index contributed by atoms with van der Waals surface area (Å²) in [5, 5.41) is 1.66. The molecule has 0 radical (unpaired) electrons. The van der Waals surface area contributed by atoms with Crippen LogP contribution in [0, 0.1) is 0 Å². The van der Waals surface area contributed by atoms with Gasteiger partial charge in [-0.1, -0.05) is 36.4 Å². The van der Waals surface area contributed by atoms with E-state index in [0.717, 1.165) is 23.6 Å². The largest absolute Gasteiger partial charge is 0.329 e. The number of rotatable bonds is 4. The van der Waals surface area contributed by atoms with Gasteiger partial charge in [-0.25, -0.2) is 13.1 Å². The molecule has 4 nitrogen and oxygen atoms in total. The standard InChI is InChI=1S/C14H16N2O2S/c15-10-14(8-9-14)16-19(17,18)13-7-3-5-11-4-1-2-6-12(11)13/h1-7,16H,8-10,15H2. The zero-order valence-corrected chi connectivity index (χ0v) is 11.3. The number of hydrogen-bond acceptors (Lipinski definition) is 3. The van der Waals surface area contributed by atoms with Gasteiger partial charge in [0.1, 0.15) is 0 Å². The monoisotopic (exact) mass is 276 g/mol. The molecule has 3 rings (SSSR count). The number of hydrogen-bond donors (Lipinski definition) is 2. The molecule has 0 unspecified atom stereocenters. The molecule has 5 heteroatoms. The SMILES string of the molecule is NCC1(NS(=O)(=O)c2cccc3ccccc23)CC1. The summed E-state index contributed by atoms with van der Waals surface area (Å²) in [5.41, 5.74) is 5.22. The van der Waals surface area contributed by atoms with E-state index in [1.54, 1.807) is 12.1 Å². The van der Waals surface area contributed by atoms with Crippen molar-refractivity contribution in [1.29, 1.82) is 0 Å². The van der Waals surface area contributed by atoms with Gasteiger partial charge in [0.25, 0.3) is 0 Å². The number of nitrogens with two attached hydrogens (primary N) is 1. The fraction of sp³-hybridized carbons (Fsp3) is 0.286. The molecule has 0 saturated heterocycles. The van der Waals surface area contributed by atoms with E-state index in [1.165, 1.54) is 0 Å². The lowest BCUT2D eigenvalue weighted by molar-refractivity contribution is 0.545. The van der Waals surface area contributed by atoms with Crippen LogP contribution in [0.5, 0.6) is 0 Å². The van der Waals surface area contributed by atoms with E-state index in [0.29, 0.717) is 11.4 Å². The third kappa shape index (κ3) is 2.25. The molecule has 3 N–H and O–H groups in total. The normalized spacial score (nSPS) is 17.5. The highest BCUT2D eigenvalue weighted by molar-refractivity contribution is 7.89. The number of fused-ring (bicyclic) bond motifs is 1. The molecule has 0 spiro atoms. The molecule has 19 heavy (non-hydrogen) atoms. The van der Waals surface area contributed by atoms with Crippen molar-refractivity contribution in [2.45, 2.75) is 23.3 Å². The van der Waals surface area contributed by atoms with Gasteiger partial charge in [0, 0.05) is 17.5 Å². The molecule has 2 aromatic rings. The van der Waals surface area contributed by atoms with Crippen molar-refractivity contribution in [3.8, 4) is 0 Å². The summed E-state index contributed by atoms with van der Waals surface area (Å²) < 4.78 is 27.7. The Bertz CT molecular complexity index is 716. The van der Waals surface area contributed by atoms with Crippen molar-refractivity contribution < 1.29 is 8.42 Å². The second kappa shape index (κ2) is 4.30. The van der Waals surface area contributed by atoms with Gasteiger partial charge < -0.3 is 5.73 Å². The Labute approximate surface area is 112 Å². The van der Waals surface area contributed by atoms with Crippen molar-refractivity contribution in [3.63, 3.8) is 0 Å². The summed E-state index contributed by atoms with van der Waals surface area (Å²) in [7, 11) is -3.52. The summed E-state index contributed by atoms with van der Waals surface area (Å²) >= 11 is 0. The van der Waals surface area contributed by atoms with Crippen molar-refractivity contribution in [3.05, 3.63) is 42.5 Å². The highest BCUT2D eigenvalue weighted by Crippen LogP contribution is 2.36. The highest BCUT2D eigenvalue weighted by atomic mass is 32.2. The minimum Gasteiger partial charge on any atom is -0.329 e. The fourth-order valence-corrected chi connectivity index (χ4v) is 3.97. The molecule has 2 aromatic carbocycles. The Balaban J connectivity index is 2.08. The topological polar surface area (TPSA) is 72.2 Å². The Morgan fingerprint density at radius 1 is 1.11 bits per heavy atom. The van der Waals surface area contributed by atoms with Crippen molar-refractivity contribution in [2.24, 2.45) is 5.73 Å². The maximum atomic E-state index is 12.5. The minimum atomic E-state index is -3.52. The molecule has 0 heterocycles. The van der Waals surface area contributed by atoms with Gasteiger partial charge in [-0.3, -0.25) is 0 Å². The van der Waals surface area contributed by atoms with Crippen molar-refractivity contribution in [1.82, 2.24) is 4.72 Å². The smallest absolute Gasteiger partial charge is 0.241 e. The van der Waals surface area contributed by atoms with Crippen LogP contribution in [0.2, 0.25) is 0 Å². The fourth-order valence-electron chi connectivity index (χ4n) is 2.27. The molecule has 0 amide bonds. The number of sulfonamides is 1. The van der Waals surface area contributed by atoms with Crippen LogP contribution < -0.4 is 10.5 Å². The maximum Gasteiger partial charge on any atom is 0.241 e. The van der Waals surface area contributed by atoms with Gasteiger partial charge in [-0.2, -0.15) is 0 Å². The molecular weight excluding hydrogens is 260 g/mol. The van der Waals surface area contributed by atoms with E-state index < -0.39 is 15.6 Å². The van der Waals surface area contributed by atoms with Crippen LogP contribution in [0.15, 0.2) is 47.4 Å². The predicted molar refractivity (Wildman–Crippen MR) is 75.3 cm³/mol. The van der Waals surface area contributed by atoms with E-state index >= 15 is 0 Å². The first kappa shape index (κ1) is 12.6. The van der Waals surface area contributed by atoms with Crippen LogP contribution in [0.3, 0.4) is 0 Å². The zero-order valence-electron chi connectivity index (χ0n) is 10.5. The first-order chi connectivity index (χ1) is 9.06. The van der Waals surface area contributed by atoms with E-state index in [-0.39, 0.29) is 0 Å². The van der Waals surface area contributed by atoms with Crippen LogP contribution in [-0.4, -0.2) is 20.5 Å². The molecule has 1 fully saturated rings. The lowest BCUT2D eigenvalue weighted by atomic mass is 10.1. The first-order valence-corrected chi connectivity index (χ1v) is 7.77. The van der Waals surface area contributed by atoms with Gasteiger partial charge in [-0.15, -0.1) is 0 Å². The van der Waals surface area contributed by atoms with Gasteiger partial charge in [0.05, 0.1) is 4.90 Å². The molecule has 1 aliphatic rings. The van der Waals surface area contributed by atoms with Crippen LogP contribution in [0.4, 0.5) is 0 Å².